The van der Waals surface area contributed by atoms with Gasteiger partial charge in [-0.2, -0.15) is 10.2 Å². The molecule has 0 bridgehead atoms. The molecule has 156 valence electrons. The predicted molar refractivity (Wildman–Crippen MR) is 117 cm³/mol. The van der Waals surface area contributed by atoms with E-state index in [0.29, 0.717) is 29.4 Å². The second-order valence-electron chi connectivity index (χ2n) is 6.91. The molecule has 2 aromatic carbocycles. The van der Waals surface area contributed by atoms with Crippen LogP contribution in [0.4, 0.5) is 5.82 Å². The zero-order valence-corrected chi connectivity index (χ0v) is 17.3. The number of carbonyl (C=O) groups is 1. The third-order valence-electron chi connectivity index (χ3n) is 4.84. The highest BCUT2D eigenvalue weighted by Gasteiger charge is 2.16. The van der Waals surface area contributed by atoms with Gasteiger partial charge in [-0.15, -0.1) is 0 Å². The molecule has 4 aromatic rings. The normalized spacial score (nSPS) is 10.7. The molecular weight excluding hydrogens is 394 g/mol. The summed E-state index contributed by atoms with van der Waals surface area (Å²) < 4.78 is 12.8. The van der Waals surface area contributed by atoms with E-state index in [-0.39, 0.29) is 11.4 Å². The molecule has 8 nitrogen and oxygen atoms in total. The zero-order chi connectivity index (χ0) is 21.8. The van der Waals surface area contributed by atoms with Gasteiger partial charge in [0.2, 0.25) is 5.78 Å². The first-order valence-corrected chi connectivity index (χ1v) is 9.94. The number of ether oxygens (including phenoxy) is 2. The average molecular weight is 415 g/mol. The Morgan fingerprint density at radius 2 is 2.03 bits per heavy atom. The van der Waals surface area contributed by atoms with Crippen LogP contribution in [0.25, 0.3) is 16.8 Å². The number of nitrogens with zero attached hydrogens (tertiary/aromatic N) is 4. The van der Waals surface area contributed by atoms with Gasteiger partial charge in [0.05, 0.1) is 24.8 Å². The number of nitrogens with one attached hydrogen (secondary N) is 1. The third-order valence-corrected chi connectivity index (χ3v) is 4.84. The fraction of sp³-hybridized carbons (Fsp3) is 0.217. The highest BCUT2D eigenvalue weighted by atomic mass is 16.5. The van der Waals surface area contributed by atoms with E-state index in [4.69, 9.17) is 9.47 Å². The van der Waals surface area contributed by atoms with Crippen molar-refractivity contribution in [3.8, 4) is 17.6 Å². The molecule has 1 N–H and O–H groups in total. The van der Waals surface area contributed by atoms with Gasteiger partial charge in [0.25, 0.3) is 5.91 Å². The highest BCUT2D eigenvalue weighted by Crippen LogP contribution is 2.29. The Kier molecular flexibility index (Phi) is 5.67. The molecule has 2 aromatic heterocycles. The van der Waals surface area contributed by atoms with Crippen molar-refractivity contribution in [2.24, 2.45) is 0 Å². The van der Waals surface area contributed by atoms with E-state index >= 15 is 0 Å². The quantitative estimate of drug-likeness (QED) is 0.454. The molecular formula is C23H21N5O3. The maximum absolute atomic E-state index is 12.8. The number of imidazole rings is 1. The molecule has 31 heavy (non-hydrogen) atoms. The molecule has 0 fully saturated rings. The van der Waals surface area contributed by atoms with Crippen molar-refractivity contribution in [1.82, 2.24) is 14.4 Å². The molecule has 0 aliphatic carbocycles. The van der Waals surface area contributed by atoms with E-state index < -0.39 is 5.91 Å². The largest absolute Gasteiger partial charge is 0.493 e. The van der Waals surface area contributed by atoms with Gasteiger partial charge in [0, 0.05) is 11.8 Å². The number of para-hydroxylation sites is 2. The van der Waals surface area contributed by atoms with Gasteiger partial charge < -0.3 is 14.8 Å². The van der Waals surface area contributed by atoms with Crippen molar-refractivity contribution in [3.63, 3.8) is 0 Å². The molecule has 8 heteroatoms. The molecule has 4 rings (SSSR count). The summed E-state index contributed by atoms with van der Waals surface area (Å²) in [5.74, 6) is 1.18. The van der Waals surface area contributed by atoms with Crippen LogP contribution in [0.3, 0.4) is 0 Å². The summed E-state index contributed by atoms with van der Waals surface area (Å²) in [6.45, 7) is 2.66. The van der Waals surface area contributed by atoms with Crippen LogP contribution in [0.15, 0.2) is 48.7 Å². The van der Waals surface area contributed by atoms with E-state index in [9.17, 15) is 10.1 Å². The first kappa shape index (κ1) is 20.2. The maximum Gasteiger partial charge on any atom is 0.256 e. The van der Waals surface area contributed by atoms with E-state index in [1.54, 1.807) is 28.8 Å². The maximum atomic E-state index is 12.8. The van der Waals surface area contributed by atoms with Gasteiger partial charge in [-0.05, 0) is 36.8 Å². The number of rotatable bonds is 7. The summed E-state index contributed by atoms with van der Waals surface area (Å²) in [5, 5.41) is 12.3. The number of carbonyl (C=O) groups excluding carboxylic acids is 1. The van der Waals surface area contributed by atoms with Crippen molar-refractivity contribution in [2.45, 2.75) is 19.8 Å². The minimum absolute atomic E-state index is 0.151. The second kappa shape index (κ2) is 8.71. The molecule has 0 saturated carbocycles. The Balaban J connectivity index is 1.63. The van der Waals surface area contributed by atoms with Gasteiger partial charge in [-0.3, -0.25) is 9.20 Å². The lowest BCUT2D eigenvalue weighted by Gasteiger charge is -2.12. The van der Waals surface area contributed by atoms with Crippen LogP contribution in [0, 0.1) is 11.3 Å². The standard InChI is InChI=1S/C23H21N5O3/c1-3-4-11-31-19-10-9-15(12-20(19)30-2)22(29)26-21-16(13-24)14-28-18-8-6-5-7-17(18)25-23(28)27-21/h5-10,12,14H,3-4,11H2,1-2H3,(H,25,26,27,29). The smallest absolute Gasteiger partial charge is 0.256 e. The first-order chi connectivity index (χ1) is 15.1. The number of fused-ring (bicyclic) bond motifs is 3. The van der Waals surface area contributed by atoms with Gasteiger partial charge in [-0.1, -0.05) is 25.5 Å². The summed E-state index contributed by atoms with van der Waals surface area (Å²) in [7, 11) is 1.52. The molecule has 1 amide bonds. The fourth-order valence-corrected chi connectivity index (χ4v) is 3.20. The van der Waals surface area contributed by atoms with Crippen molar-refractivity contribution in [3.05, 3.63) is 59.8 Å². The lowest BCUT2D eigenvalue weighted by Crippen LogP contribution is -2.15. The van der Waals surface area contributed by atoms with E-state index in [2.05, 4.69) is 28.3 Å². The number of amides is 1. The van der Waals surface area contributed by atoms with E-state index in [0.717, 1.165) is 23.9 Å². The van der Waals surface area contributed by atoms with Crippen molar-refractivity contribution in [1.29, 1.82) is 5.26 Å². The van der Waals surface area contributed by atoms with E-state index in [1.165, 1.54) is 7.11 Å². The van der Waals surface area contributed by atoms with Gasteiger partial charge >= 0.3 is 0 Å². The molecule has 0 aliphatic rings. The monoisotopic (exact) mass is 415 g/mol. The Labute approximate surface area is 179 Å². The van der Waals surface area contributed by atoms with Crippen LogP contribution in [-0.2, 0) is 0 Å². The van der Waals surface area contributed by atoms with Crippen molar-refractivity contribution < 1.29 is 14.3 Å². The van der Waals surface area contributed by atoms with Crippen LogP contribution in [0.5, 0.6) is 11.5 Å². The fourth-order valence-electron chi connectivity index (χ4n) is 3.20. The topological polar surface area (TPSA) is 102 Å². The molecule has 0 unspecified atom stereocenters. The number of anilines is 1. The predicted octanol–water partition coefficient (Wildman–Crippen LogP) is 4.19. The summed E-state index contributed by atoms with van der Waals surface area (Å²) >= 11 is 0. The number of nitriles is 1. The third kappa shape index (κ3) is 3.98. The molecule has 0 atom stereocenters. The van der Waals surface area contributed by atoms with Gasteiger partial charge in [0.1, 0.15) is 11.6 Å². The van der Waals surface area contributed by atoms with Gasteiger partial charge in [0.15, 0.2) is 17.3 Å². The number of hydrogen-bond donors (Lipinski definition) is 1. The summed E-state index contributed by atoms with van der Waals surface area (Å²) in [4.78, 5) is 21.7. The minimum Gasteiger partial charge on any atom is -0.493 e. The van der Waals surface area contributed by atoms with Crippen LogP contribution < -0.4 is 14.8 Å². The van der Waals surface area contributed by atoms with Crippen LogP contribution in [-0.4, -0.2) is 34.0 Å². The van der Waals surface area contributed by atoms with Crippen LogP contribution in [0.1, 0.15) is 35.7 Å². The SMILES string of the molecule is CCCCOc1ccc(C(=O)Nc2nc3nc4ccccc4n3cc2C#N)cc1OC. The van der Waals surface area contributed by atoms with Crippen LogP contribution >= 0.6 is 0 Å². The molecule has 0 spiro atoms. The summed E-state index contributed by atoms with van der Waals surface area (Å²) in [6.07, 6.45) is 3.57. The number of benzene rings is 2. The number of hydrogen-bond acceptors (Lipinski definition) is 6. The summed E-state index contributed by atoms with van der Waals surface area (Å²) in [6, 6.07) is 14.6. The second-order valence-corrected chi connectivity index (χ2v) is 6.91. The average Bonchev–Trinajstić information content (AvgIpc) is 3.16. The highest BCUT2D eigenvalue weighted by molar-refractivity contribution is 6.05. The number of aromatic nitrogens is 3. The molecule has 0 radical (unpaired) electrons. The van der Waals surface area contributed by atoms with Crippen molar-refractivity contribution in [2.75, 3.05) is 19.0 Å². The molecule has 2 heterocycles. The summed E-state index contributed by atoms with van der Waals surface area (Å²) in [5.41, 5.74) is 2.18. The number of unbranched alkanes of at least 4 members (excludes halogenated alkanes) is 1. The van der Waals surface area contributed by atoms with Crippen molar-refractivity contribution >= 4 is 28.5 Å². The lowest BCUT2D eigenvalue weighted by molar-refractivity contribution is 0.102. The lowest BCUT2D eigenvalue weighted by atomic mass is 10.2. The molecule has 0 saturated heterocycles. The number of methoxy groups -OCH3 is 1. The first-order valence-electron chi connectivity index (χ1n) is 9.94. The Hall–Kier alpha value is -4.12. The van der Waals surface area contributed by atoms with Gasteiger partial charge in [-0.25, -0.2) is 4.98 Å². The Morgan fingerprint density at radius 1 is 1.19 bits per heavy atom. The Bertz CT molecular complexity index is 1310. The van der Waals surface area contributed by atoms with Crippen LogP contribution in [0.2, 0.25) is 0 Å². The minimum atomic E-state index is -0.414. The zero-order valence-electron chi connectivity index (χ0n) is 17.3. The molecule has 0 aliphatic heterocycles. The van der Waals surface area contributed by atoms with E-state index in [1.807, 2.05) is 24.3 Å². The Morgan fingerprint density at radius 3 is 2.81 bits per heavy atom.